The Balaban J connectivity index is 2.27. The molecule has 1 fully saturated rings. The van der Waals surface area contributed by atoms with Crippen molar-refractivity contribution in [3.05, 3.63) is 28.2 Å². The average Bonchev–Trinajstić information content (AvgIpc) is 2.39. The van der Waals surface area contributed by atoms with Crippen molar-refractivity contribution in [1.82, 2.24) is 0 Å². The quantitative estimate of drug-likeness (QED) is 0.907. The van der Waals surface area contributed by atoms with E-state index in [-0.39, 0.29) is 0 Å². The van der Waals surface area contributed by atoms with E-state index in [0.29, 0.717) is 11.6 Å². The Labute approximate surface area is 122 Å². The number of rotatable bonds is 3. The second kappa shape index (κ2) is 5.95. The van der Waals surface area contributed by atoms with Gasteiger partial charge in [0.15, 0.2) is 0 Å². The van der Waals surface area contributed by atoms with Crippen LogP contribution in [0, 0.1) is 5.92 Å². The summed E-state index contributed by atoms with van der Waals surface area (Å²) in [7, 11) is 0. The molecule has 0 radical (unpaired) electrons. The maximum Gasteiger partial charge on any atom is 0.335 e. The Morgan fingerprint density at radius 2 is 2.21 bits per heavy atom. The maximum atomic E-state index is 11.0. The minimum absolute atomic E-state index is 0.326. The number of halogens is 1. The number of aromatic carboxylic acids is 1. The van der Waals surface area contributed by atoms with E-state index < -0.39 is 5.97 Å². The molecule has 1 saturated heterocycles. The number of carbonyl (C=O) groups is 1. The van der Waals surface area contributed by atoms with Crippen LogP contribution in [0.5, 0.6) is 0 Å². The molecule has 2 rings (SSSR count). The van der Waals surface area contributed by atoms with Crippen LogP contribution in [-0.4, -0.2) is 23.7 Å². The Kier molecular flexibility index (Phi) is 4.50. The van der Waals surface area contributed by atoms with Gasteiger partial charge in [-0.25, -0.2) is 4.79 Å². The fraction of sp³-hybridized carbons (Fsp3) is 0.533. The number of hydrogen-bond donors (Lipinski definition) is 1. The molecule has 1 aliphatic rings. The number of carboxylic acids is 1. The molecule has 1 heterocycles. The standard InChI is InChI=1S/C15H20BrNO2/c1-3-11-5-4-10(2)17(9-11)14-7-6-12(15(18)19)8-13(14)16/h6-8,10-11H,3-5,9H2,1-2H3,(H,18,19). The van der Waals surface area contributed by atoms with Crippen LogP contribution in [0.2, 0.25) is 0 Å². The smallest absolute Gasteiger partial charge is 0.335 e. The van der Waals surface area contributed by atoms with Gasteiger partial charge in [-0.05, 0) is 59.8 Å². The molecule has 0 bridgehead atoms. The van der Waals surface area contributed by atoms with Crippen LogP contribution < -0.4 is 4.90 Å². The lowest BCUT2D eigenvalue weighted by molar-refractivity contribution is 0.0697. The molecule has 2 unspecified atom stereocenters. The van der Waals surface area contributed by atoms with Crippen molar-refractivity contribution in [2.75, 3.05) is 11.4 Å². The number of anilines is 1. The van der Waals surface area contributed by atoms with E-state index in [1.165, 1.54) is 19.3 Å². The third-order valence-electron chi connectivity index (χ3n) is 4.06. The van der Waals surface area contributed by atoms with Crippen LogP contribution in [0.25, 0.3) is 0 Å². The first kappa shape index (κ1) is 14.4. The summed E-state index contributed by atoms with van der Waals surface area (Å²) in [4.78, 5) is 13.4. The zero-order valence-corrected chi connectivity index (χ0v) is 13.0. The average molecular weight is 326 g/mol. The third-order valence-corrected chi connectivity index (χ3v) is 4.70. The molecular weight excluding hydrogens is 306 g/mol. The Bertz CT molecular complexity index is 475. The third kappa shape index (κ3) is 3.11. The second-order valence-electron chi connectivity index (χ2n) is 5.32. The van der Waals surface area contributed by atoms with Gasteiger partial charge in [-0.15, -0.1) is 0 Å². The van der Waals surface area contributed by atoms with Crippen molar-refractivity contribution < 1.29 is 9.90 Å². The van der Waals surface area contributed by atoms with Crippen LogP contribution in [-0.2, 0) is 0 Å². The molecule has 1 N–H and O–H groups in total. The van der Waals surface area contributed by atoms with E-state index in [1.54, 1.807) is 12.1 Å². The predicted octanol–water partition coefficient (Wildman–Crippen LogP) is 4.16. The minimum atomic E-state index is -0.884. The molecule has 4 heteroatoms. The van der Waals surface area contributed by atoms with Crippen molar-refractivity contribution in [3.8, 4) is 0 Å². The van der Waals surface area contributed by atoms with Gasteiger partial charge in [-0.2, -0.15) is 0 Å². The zero-order valence-electron chi connectivity index (χ0n) is 11.4. The lowest BCUT2D eigenvalue weighted by atomic mass is 9.91. The van der Waals surface area contributed by atoms with Gasteiger partial charge in [0.05, 0.1) is 11.3 Å². The minimum Gasteiger partial charge on any atom is -0.478 e. The van der Waals surface area contributed by atoms with Crippen LogP contribution in [0.4, 0.5) is 5.69 Å². The van der Waals surface area contributed by atoms with E-state index in [0.717, 1.165) is 22.6 Å². The first-order valence-electron chi connectivity index (χ1n) is 6.82. The normalized spacial score (nSPS) is 23.4. The molecule has 19 heavy (non-hydrogen) atoms. The molecule has 1 aliphatic heterocycles. The number of carboxylic acid groups (broad SMARTS) is 1. The molecule has 0 aromatic heterocycles. The largest absolute Gasteiger partial charge is 0.478 e. The number of nitrogens with zero attached hydrogens (tertiary/aromatic N) is 1. The fourth-order valence-corrected chi connectivity index (χ4v) is 3.33. The summed E-state index contributed by atoms with van der Waals surface area (Å²) in [6.45, 7) is 5.54. The summed E-state index contributed by atoms with van der Waals surface area (Å²) in [6.07, 6.45) is 3.69. The lowest BCUT2D eigenvalue weighted by Crippen LogP contribution is -2.41. The van der Waals surface area contributed by atoms with Crippen LogP contribution in [0.3, 0.4) is 0 Å². The maximum absolute atomic E-state index is 11.0. The topological polar surface area (TPSA) is 40.5 Å². The molecule has 104 valence electrons. The van der Waals surface area contributed by atoms with Gasteiger partial charge in [-0.1, -0.05) is 13.3 Å². The van der Waals surface area contributed by atoms with Crippen molar-refractivity contribution in [1.29, 1.82) is 0 Å². The Morgan fingerprint density at radius 1 is 1.47 bits per heavy atom. The molecule has 0 aliphatic carbocycles. The second-order valence-corrected chi connectivity index (χ2v) is 6.18. The summed E-state index contributed by atoms with van der Waals surface area (Å²) in [5.41, 5.74) is 1.43. The molecule has 0 amide bonds. The van der Waals surface area contributed by atoms with E-state index in [4.69, 9.17) is 5.11 Å². The highest BCUT2D eigenvalue weighted by atomic mass is 79.9. The van der Waals surface area contributed by atoms with E-state index in [9.17, 15) is 4.79 Å². The molecule has 3 nitrogen and oxygen atoms in total. The molecule has 0 spiro atoms. The highest BCUT2D eigenvalue weighted by Gasteiger charge is 2.26. The van der Waals surface area contributed by atoms with Crippen LogP contribution in [0.15, 0.2) is 22.7 Å². The summed E-state index contributed by atoms with van der Waals surface area (Å²) < 4.78 is 0.871. The highest BCUT2D eigenvalue weighted by Crippen LogP contribution is 2.34. The first-order chi connectivity index (χ1) is 9.02. The molecule has 0 saturated carbocycles. The van der Waals surface area contributed by atoms with Crippen molar-refractivity contribution in [3.63, 3.8) is 0 Å². The molecule has 2 atom stereocenters. The number of hydrogen-bond acceptors (Lipinski definition) is 2. The molecular formula is C15H20BrNO2. The molecule has 1 aromatic carbocycles. The number of piperidine rings is 1. The van der Waals surface area contributed by atoms with E-state index >= 15 is 0 Å². The van der Waals surface area contributed by atoms with Gasteiger partial charge in [0.25, 0.3) is 0 Å². The van der Waals surface area contributed by atoms with E-state index in [2.05, 4.69) is 34.7 Å². The van der Waals surface area contributed by atoms with E-state index in [1.807, 2.05) is 6.07 Å². The Hall–Kier alpha value is -1.03. The lowest BCUT2D eigenvalue weighted by Gasteiger charge is -2.40. The fourth-order valence-electron chi connectivity index (χ4n) is 2.72. The van der Waals surface area contributed by atoms with Crippen molar-refractivity contribution >= 4 is 27.6 Å². The van der Waals surface area contributed by atoms with Gasteiger partial charge in [0.2, 0.25) is 0 Å². The summed E-state index contributed by atoms with van der Waals surface area (Å²) in [6, 6.07) is 5.81. The van der Waals surface area contributed by atoms with Crippen molar-refractivity contribution in [2.24, 2.45) is 5.92 Å². The van der Waals surface area contributed by atoms with Crippen LogP contribution >= 0.6 is 15.9 Å². The summed E-state index contributed by atoms with van der Waals surface area (Å²) >= 11 is 3.52. The van der Waals surface area contributed by atoms with Gasteiger partial charge in [-0.3, -0.25) is 0 Å². The zero-order chi connectivity index (χ0) is 14.0. The summed E-state index contributed by atoms with van der Waals surface area (Å²) in [5.74, 6) is -0.146. The monoisotopic (exact) mass is 325 g/mol. The van der Waals surface area contributed by atoms with Gasteiger partial charge in [0, 0.05) is 17.1 Å². The van der Waals surface area contributed by atoms with Crippen LogP contribution in [0.1, 0.15) is 43.5 Å². The number of benzene rings is 1. The highest BCUT2D eigenvalue weighted by molar-refractivity contribution is 9.10. The van der Waals surface area contributed by atoms with Gasteiger partial charge < -0.3 is 10.0 Å². The summed E-state index contributed by atoms with van der Waals surface area (Å²) in [5, 5.41) is 9.01. The van der Waals surface area contributed by atoms with Gasteiger partial charge >= 0.3 is 5.97 Å². The first-order valence-corrected chi connectivity index (χ1v) is 7.61. The molecule has 1 aromatic rings. The SMILES string of the molecule is CCC1CCC(C)N(c2ccc(C(=O)O)cc2Br)C1. The van der Waals surface area contributed by atoms with Gasteiger partial charge in [0.1, 0.15) is 0 Å². The Morgan fingerprint density at radius 3 is 2.79 bits per heavy atom. The van der Waals surface area contributed by atoms with Crippen molar-refractivity contribution in [2.45, 2.75) is 39.2 Å². The predicted molar refractivity (Wildman–Crippen MR) is 80.9 cm³/mol.